The van der Waals surface area contributed by atoms with Crippen molar-refractivity contribution in [3.63, 3.8) is 0 Å². The highest BCUT2D eigenvalue weighted by Gasteiger charge is 2.64. The van der Waals surface area contributed by atoms with Crippen molar-refractivity contribution in [1.82, 2.24) is 4.90 Å². The molecule has 0 bridgehead atoms. The van der Waals surface area contributed by atoms with E-state index in [0.29, 0.717) is 22.0 Å². The van der Waals surface area contributed by atoms with Gasteiger partial charge in [-0.15, -0.1) is 0 Å². The third-order valence-corrected chi connectivity index (χ3v) is 7.47. The van der Waals surface area contributed by atoms with Crippen molar-refractivity contribution in [2.75, 3.05) is 4.90 Å². The second kappa shape index (κ2) is 8.71. The first-order valence-electron chi connectivity index (χ1n) is 11.9. The minimum atomic E-state index is -0.882. The number of anilines is 1. The highest BCUT2D eigenvalue weighted by molar-refractivity contribution is 6.31. The zero-order valence-electron chi connectivity index (χ0n) is 19.7. The van der Waals surface area contributed by atoms with E-state index in [1.807, 2.05) is 41.4 Å². The normalized spacial score (nSPS) is 23.5. The predicted octanol–water partition coefficient (Wildman–Crippen LogP) is 4.66. The van der Waals surface area contributed by atoms with Crippen LogP contribution in [0.2, 0.25) is 5.02 Å². The number of Topliss-reactive ketones (excluding diaryl/α,β-unsaturated/α-hetero) is 1. The lowest BCUT2D eigenvalue weighted by atomic mass is 9.83. The largest absolute Gasteiger partial charge is 0.427 e. The van der Waals surface area contributed by atoms with Crippen molar-refractivity contribution in [3.05, 3.63) is 101 Å². The van der Waals surface area contributed by atoms with E-state index in [-0.39, 0.29) is 11.7 Å². The fourth-order valence-electron chi connectivity index (χ4n) is 5.73. The van der Waals surface area contributed by atoms with Gasteiger partial charge in [-0.05, 0) is 65.7 Å². The number of benzene rings is 3. The molecule has 37 heavy (non-hydrogen) atoms. The fourth-order valence-corrected chi connectivity index (χ4v) is 5.85. The van der Waals surface area contributed by atoms with Crippen LogP contribution < -0.4 is 9.64 Å². The van der Waals surface area contributed by atoms with E-state index >= 15 is 0 Å². The van der Waals surface area contributed by atoms with Crippen LogP contribution in [0, 0.1) is 11.8 Å². The number of amides is 2. The van der Waals surface area contributed by atoms with Gasteiger partial charge in [0.05, 0.1) is 23.6 Å². The number of fused-ring (bicyclic) bond motifs is 5. The molecule has 184 valence electrons. The molecule has 3 heterocycles. The van der Waals surface area contributed by atoms with E-state index in [0.717, 1.165) is 11.1 Å². The number of hydrogen-bond donors (Lipinski definition) is 0. The van der Waals surface area contributed by atoms with Crippen LogP contribution in [0.3, 0.4) is 0 Å². The van der Waals surface area contributed by atoms with E-state index in [2.05, 4.69) is 0 Å². The van der Waals surface area contributed by atoms with Gasteiger partial charge in [-0.25, -0.2) is 4.90 Å². The van der Waals surface area contributed by atoms with Crippen molar-refractivity contribution in [2.24, 2.45) is 11.8 Å². The molecule has 0 N–H and O–H groups in total. The Kier molecular flexibility index (Phi) is 5.46. The molecular weight excluding hydrogens is 492 g/mol. The highest BCUT2D eigenvalue weighted by atomic mass is 35.5. The van der Waals surface area contributed by atoms with Crippen molar-refractivity contribution in [3.8, 4) is 5.75 Å². The molecule has 0 saturated carbocycles. The van der Waals surface area contributed by atoms with Gasteiger partial charge >= 0.3 is 5.97 Å². The first-order chi connectivity index (χ1) is 17.8. The van der Waals surface area contributed by atoms with Gasteiger partial charge in [0.15, 0.2) is 5.78 Å². The maximum absolute atomic E-state index is 13.9. The van der Waals surface area contributed by atoms with Crippen LogP contribution in [0.25, 0.3) is 6.08 Å². The predicted molar refractivity (Wildman–Crippen MR) is 137 cm³/mol. The molecule has 0 spiro atoms. The molecule has 0 radical (unpaired) electrons. The Labute approximate surface area is 217 Å². The monoisotopic (exact) mass is 512 g/mol. The van der Waals surface area contributed by atoms with Crippen molar-refractivity contribution >= 4 is 46.9 Å². The number of rotatable bonds is 4. The van der Waals surface area contributed by atoms with E-state index in [1.54, 1.807) is 48.5 Å². The standard InChI is InChI=1S/C29H21ClN2O5/c1-16(33)37-21-12-6-18(7-13-21)27(34)26-24-23(25-22-5-3-2-4-17(22)14-15-31(25)26)28(35)32(29(24)36)20-10-8-19(30)9-11-20/h2-15,23-26H,1H3. The molecule has 2 fully saturated rings. The average Bonchev–Trinajstić information content (AvgIpc) is 3.37. The molecule has 3 aromatic carbocycles. The quantitative estimate of drug-likeness (QED) is 0.219. The summed E-state index contributed by atoms with van der Waals surface area (Å²) in [4.78, 5) is 56.0. The molecular formula is C29H21ClN2O5. The minimum absolute atomic E-state index is 0.282. The molecule has 2 amide bonds. The SMILES string of the molecule is CC(=O)Oc1ccc(C(=O)C2C3C(=O)N(c4ccc(Cl)cc4)C(=O)C3C3c4ccccc4C=CN23)cc1. The van der Waals surface area contributed by atoms with Gasteiger partial charge in [0.25, 0.3) is 0 Å². The number of carbonyl (C=O) groups is 4. The highest BCUT2D eigenvalue weighted by Crippen LogP contribution is 2.53. The summed E-state index contributed by atoms with van der Waals surface area (Å²) in [6.07, 6.45) is 3.72. The second-order valence-corrected chi connectivity index (χ2v) is 9.74. The van der Waals surface area contributed by atoms with Crippen molar-refractivity contribution < 1.29 is 23.9 Å². The van der Waals surface area contributed by atoms with E-state index in [1.165, 1.54) is 11.8 Å². The van der Waals surface area contributed by atoms with Crippen LogP contribution >= 0.6 is 11.6 Å². The summed E-state index contributed by atoms with van der Waals surface area (Å²) in [5.74, 6) is -2.78. The van der Waals surface area contributed by atoms with Gasteiger partial charge in [0, 0.05) is 23.7 Å². The Morgan fingerprint density at radius 3 is 2.24 bits per heavy atom. The first kappa shape index (κ1) is 23.2. The number of carbonyl (C=O) groups excluding carboxylic acids is 4. The van der Waals surface area contributed by atoms with Gasteiger partial charge in [-0.2, -0.15) is 0 Å². The molecule has 0 aromatic heterocycles. The summed E-state index contributed by atoms with van der Waals surface area (Å²) in [5.41, 5.74) is 2.64. The topological polar surface area (TPSA) is 84.0 Å². The van der Waals surface area contributed by atoms with Gasteiger partial charge in [0.2, 0.25) is 11.8 Å². The van der Waals surface area contributed by atoms with Crippen LogP contribution in [0.5, 0.6) is 5.75 Å². The number of esters is 1. The third-order valence-electron chi connectivity index (χ3n) is 7.22. The molecule has 6 rings (SSSR count). The number of hydrogen-bond acceptors (Lipinski definition) is 6. The van der Waals surface area contributed by atoms with Gasteiger partial charge in [-0.1, -0.05) is 35.9 Å². The summed E-state index contributed by atoms with van der Waals surface area (Å²) >= 11 is 6.03. The maximum Gasteiger partial charge on any atom is 0.308 e. The van der Waals surface area contributed by atoms with Crippen molar-refractivity contribution in [2.45, 2.75) is 19.0 Å². The maximum atomic E-state index is 13.9. The van der Waals surface area contributed by atoms with Gasteiger partial charge in [-0.3, -0.25) is 19.2 Å². The summed E-state index contributed by atoms with van der Waals surface area (Å²) in [5, 5.41) is 0.491. The summed E-state index contributed by atoms with van der Waals surface area (Å²) in [6, 6.07) is 19.1. The Morgan fingerprint density at radius 2 is 1.54 bits per heavy atom. The van der Waals surface area contributed by atoms with Crippen LogP contribution in [-0.2, 0) is 14.4 Å². The Hall–Kier alpha value is -4.23. The molecule has 3 aliphatic heterocycles. The number of nitrogens with zero attached hydrogens (tertiary/aromatic N) is 2. The minimum Gasteiger partial charge on any atom is -0.427 e. The van der Waals surface area contributed by atoms with Crippen LogP contribution in [0.4, 0.5) is 5.69 Å². The average molecular weight is 513 g/mol. The number of imide groups is 1. The lowest BCUT2D eigenvalue weighted by Gasteiger charge is -2.35. The second-order valence-electron chi connectivity index (χ2n) is 9.30. The van der Waals surface area contributed by atoms with Gasteiger partial charge in [0.1, 0.15) is 11.8 Å². The zero-order valence-corrected chi connectivity index (χ0v) is 20.5. The molecule has 3 aliphatic rings. The number of ether oxygens (including phenoxy) is 1. The van der Waals surface area contributed by atoms with Crippen LogP contribution in [-0.4, -0.2) is 34.5 Å². The fraction of sp³-hybridized carbons (Fsp3) is 0.172. The molecule has 4 atom stereocenters. The number of ketones is 1. The third kappa shape index (κ3) is 3.65. The van der Waals surface area contributed by atoms with E-state index in [9.17, 15) is 19.2 Å². The zero-order chi connectivity index (χ0) is 25.8. The molecule has 8 heteroatoms. The summed E-state index contributed by atoms with van der Waals surface area (Å²) in [7, 11) is 0. The molecule has 2 saturated heterocycles. The first-order valence-corrected chi connectivity index (χ1v) is 12.2. The molecule has 3 aromatic rings. The van der Waals surface area contributed by atoms with Crippen LogP contribution in [0.1, 0.15) is 34.5 Å². The molecule has 4 unspecified atom stereocenters. The summed E-state index contributed by atoms with van der Waals surface area (Å²) in [6.45, 7) is 1.30. The van der Waals surface area contributed by atoms with Crippen LogP contribution in [0.15, 0.2) is 79.0 Å². The lowest BCUT2D eigenvalue weighted by Crippen LogP contribution is -2.44. The number of halogens is 1. The van der Waals surface area contributed by atoms with Gasteiger partial charge < -0.3 is 9.64 Å². The Morgan fingerprint density at radius 1 is 0.865 bits per heavy atom. The van der Waals surface area contributed by atoms with E-state index < -0.39 is 35.8 Å². The van der Waals surface area contributed by atoms with Crippen molar-refractivity contribution in [1.29, 1.82) is 0 Å². The molecule has 0 aliphatic carbocycles. The van der Waals surface area contributed by atoms with E-state index in [4.69, 9.17) is 16.3 Å². The summed E-state index contributed by atoms with van der Waals surface area (Å²) < 4.78 is 5.08. The Balaban J connectivity index is 1.44. The smallest absolute Gasteiger partial charge is 0.308 e. The molecule has 7 nitrogen and oxygen atoms in total. The Bertz CT molecular complexity index is 1480. The lowest BCUT2D eigenvalue weighted by molar-refractivity contribution is -0.132.